The zero-order valence-corrected chi connectivity index (χ0v) is 10.8. The third-order valence-electron chi connectivity index (χ3n) is 2.48. The van der Waals surface area contributed by atoms with Crippen molar-refractivity contribution in [2.45, 2.75) is 25.9 Å². The highest BCUT2D eigenvalue weighted by molar-refractivity contribution is 6.46. The van der Waals surface area contributed by atoms with Crippen molar-refractivity contribution < 1.29 is 9.53 Å². The van der Waals surface area contributed by atoms with Crippen LogP contribution in [0.3, 0.4) is 0 Å². The van der Waals surface area contributed by atoms with Crippen molar-refractivity contribution in [2.24, 2.45) is 0 Å². The van der Waals surface area contributed by atoms with Gasteiger partial charge in [-0.2, -0.15) is 0 Å². The summed E-state index contributed by atoms with van der Waals surface area (Å²) in [6, 6.07) is 1.49. The summed E-state index contributed by atoms with van der Waals surface area (Å²) in [6.45, 7) is 1.98. The van der Waals surface area contributed by atoms with Gasteiger partial charge in [0.05, 0.1) is 20.6 Å². The van der Waals surface area contributed by atoms with Gasteiger partial charge in [-0.3, -0.25) is 4.79 Å². The maximum absolute atomic E-state index is 12.0. The number of benzene rings is 1. The average molecular weight is 280 g/mol. The van der Waals surface area contributed by atoms with Gasteiger partial charge in [0.2, 0.25) is 5.78 Å². The van der Waals surface area contributed by atoms with Gasteiger partial charge in [0, 0.05) is 0 Å². The normalized spacial score (nSPS) is 18.5. The predicted octanol–water partition coefficient (Wildman–Crippen LogP) is 4.39. The molecule has 0 N–H and O–H groups in total. The average Bonchev–Trinajstić information content (AvgIpc) is 2.55. The molecule has 0 aromatic heterocycles. The lowest BCUT2D eigenvalue weighted by Gasteiger charge is -2.07. The van der Waals surface area contributed by atoms with Crippen LogP contribution in [0, 0.1) is 0 Å². The van der Waals surface area contributed by atoms with Gasteiger partial charge in [0.15, 0.2) is 11.9 Å². The SMILES string of the molecule is CCCC1Oc2c(Cl)cc(Cl)c(Cl)c2C1=O. The highest BCUT2D eigenvalue weighted by Crippen LogP contribution is 2.44. The van der Waals surface area contributed by atoms with Crippen molar-refractivity contribution in [2.75, 3.05) is 0 Å². The molecule has 16 heavy (non-hydrogen) atoms. The molecule has 86 valence electrons. The summed E-state index contributed by atoms with van der Waals surface area (Å²) in [5.74, 6) is 0.228. The lowest BCUT2D eigenvalue weighted by molar-refractivity contribution is 0.0845. The maximum atomic E-state index is 12.0. The monoisotopic (exact) mass is 278 g/mol. The van der Waals surface area contributed by atoms with E-state index in [1.54, 1.807) is 0 Å². The van der Waals surface area contributed by atoms with Gasteiger partial charge < -0.3 is 4.74 Å². The van der Waals surface area contributed by atoms with Crippen molar-refractivity contribution >= 4 is 40.6 Å². The lowest BCUT2D eigenvalue weighted by Crippen LogP contribution is -2.19. The highest BCUT2D eigenvalue weighted by Gasteiger charge is 2.36. The van der Waals surface area contributed by atoms with Gasteiger partial charge in [-0.15, -0.1) is 0 Å². The molecule has 1 unspecified atom stereocenters. The summed E-state index contributed by atoms with van der Waals surface area (Å²) < 4.78 is 5.50. The molecule has 0 amide bonds. The maximum Gasteiger partial charge on any atom is 0.208 e. The third kappa shape index (κ3) is 1.79. The number of fused-ring (bicyclic) bond motifs is 1. The fourth-order valence-electron chi connectivity index (χ4n) is 1.72. The summed E-state index contributed by atoms with van der Waals surface area (Å²) in [5.41, 5.74) is 0.317. The summed E-state index contributed by atoms with van der Waals surface area (Å²) in [4.78, 5) is 12.0. The van der Waals surface area contributed by atoms with Crippen LogP contribution in [0.5, 0.6) is 5.75 Å². The van der Waals surface area contributed by atoms with Crippen molar-refractivity contribution in [3.8, 4) is 5.75 Å². The van der Waals surface area contributed by atoms with Gasteiger partial charge in [-0.25, -0.2) is 0 Å². The molecule has 0 spiro atoms. The molecule has 1 aliphatic heterocycles. The smallest absolute Gasteiger partial charge is 0.208 e. The number of halogens is 3. The Morgan fingerprint density at radius 2 is 2.00 bits per heavy atom. The number of ketones is 1. The van der Waals surface area contributed by atoms with Crippen molar-refractivity contribution in [3.05, 3.63) is 26.7 Å². The molecular weight excluding hydrogens is 270 g/mol. The van der Waals surface area contributed by atoms with E-state index in [9.17, 15) is 4.79 Å². The molecule has 0 saturated heterocycles. The Labute approximate surface area is 108 Å². The molecule has 1 heterocycles. The second-order valence-electron chi connectivity index (χ2n) is 3.62. The standard InChI is InChI=1S/C11H9Cl3O2/c1-2-3-7-10(15)8-9(14)5(12)4-6(13)11(8)16-7/h4,7H,2-3H2,1H3. The van der Waals surface area contributed by atoms with Crippen LogP contribution in [-0.4, -0.2) is 11.9 Å². The zero-order chi connectivity index (χ0) is 11.9. The fraction of sp³-hybridized carbons (Fsp3) is 0.364. The number of hydrogen-bond acceptors (Lipinski definition) is 2. The highest BCUT2D eigenvalue weighted by atomic mass is 35.5. The first-order chi connectivity index (χ1) is 7.56. The Morgan fingerprint density at radius 3 is 2.62 bits per heavy atom. The molecular formula is C11H9Cl3O2. The van der Waals surface area contributed by atoms with Crippen molar-refractivity contribution in [3.63, 3.8) is 0 Å². The summed E-state index contributed by atoms with van der Waals surface area (Å²) in [5, 5.41) is 0.834. The summed E-state index contributed by atoms with van der Waals surface area (Å²) in [7, 11) is 0. The minimum atomic E-state index is -0.478. The molecule has 1 aromatic carbocycles. The van der Waals surface area contributed by atoms with E-state index in [0.717, 1.165) is 6.42 Å². The first kappa shape index (κ1) is 12.0. The molecule has 1 atom stereocenters. The Balaban J connectivity index is 2.51. The number of carbonyl (C=O) groups is 1. The van der Waals surface area contributed by atoms with Crippen molar-refractivity contribution in [1.82, 2.24) is 0 Å². The fourth-order valence-corrected chi connectivity index (χ4v) is 2.46. The molecule has 2 rings (SSSR count). The number of rotatable bonds is 2. The Hall–Kier alpha value is -0.440. The Kier molecular flexibility index (Phi) is 3.34. The van der Waals surface area contributed by atoms with E-state index in [4.69, 9.17) is 39.5 Å². The van der Waals surface area contributed by atoms with Crippen LogP contribution in [0.2, 0.25) is 15.1 Å². The van der Waals surface area contributed by atoms with Crippen LogP contribution in [0.1, 0.15) is 30.1 Å². The van der Waals surface area contributed by atoms with Crippen molar-refractivity contribution in [1.29, 1.82) is 0 Å². The Bertz CT molecular complexity index is 457. The van der Waals surface area contributed by atoms with E-state index >= 15 is 0 Å². The zero-order valence-electron chi connectivity index (χ0n) is 8.52. The van der Waals surface area contributed by atoms with Gasteiger partial charge >= 0.3 is 0 Å². The quantitative estimate of drug-likeness (QED) is 0.751. The summed E-state index contributed by atoms with van der Waals surface area (Å²) >= 11 is 17.8. The van der Waals surface area contributed by atoms with Gasteiger partial charge in [-0.1, -0.05) is 48.1 Å². The van der Waals surface area contributed by atoms with E-state index in [1.807, 2.05) is 6.92 Å². The minimum absolute atomic E-state index is 0.133. The van der Waals surface area contributed by atoms with Crippen LogP contribution < -0.4 is 4.74 Å². The molecule has 0 saturated carbocycles. The number of hydrogen-bond donors (Lipinski definition) is 0. The first-order valence-electron chi connectivity index (χ1n) is 4.94. The van der Waals surface area contributed by atoms with E-state index in [1.165, 1.54) is 6.07 Å². The number of ether oxygens (including phenoxy) is 1. The van der Waals surface area contributed by atoms with Crippen LogP contribution in [0.15, 0.2) is 6.07 Å². The molecule has 5 heteroatoms. The molecule has 0 bridgehead atoms. The van der Waals surface area contributed by atoms with E-state index in [0.29, 0.717) is 22.8 Å². The van der Waals surface area contributed by atoms with Crippen LogP contribution in [-0.2, 0) is 0 Å². The molecule has 2 nitrogen and oxygen atoms in total. The second-order valence-corrected chi connectivity index (χ2v) is 4.81. The molecule has 0 fully saturated rings. The first-order valence-corrected chi connectivity index (χ1v) is 6.08. The van der Waals surface area contributed by atoms with Gasteiger partial charge in [0.25, 0.3) is 0 Å². The largest absolute Gasteiger partial charge is 0.480 e. The van der Waals surface area contributed by atoms with E-state index in [2.05, 4.69) is 0 Å². The predicted molar refractivity (Wildman–Crippen MR) is 65.1 cm³/mol. The van der Waals surface area contributed by atoms with Crippen LogP contribution in [0.4, 0.5) is 0 Å². The van der Waals surface area contributed by atoms with E-state index < -0.39 is 6.10 Å². The van der Waals surface area contributed by atoms with Gasteiger partial charge in [0.1, 0.15) is 0 Å². The second kappa shape index (κ2) is 4.44. The topological polar surface area (TPSA) is 26.3 Å². The molecule has 1 aromatic rings. The van der Waals surface area contributed by atoms with Crippen LogP contribution >= 0.6 is 34.8 Å². The third-order valence-corrected chi connectivity index (χ3v) is 3.54. The molecule has 0 aliphatic carbocycles. The van der Waals surface area contributed by atoms with Crippen LogP contribution in [0.25, 0.3) is 0 Å². The minimum Gasteiger partial charge on any atom is -0.480 e. The molecule has 0 radical (unpaired) electrons. The van der Waals surface area contributed by atoms with Gasteiger partial charge in [-0.05, 0) is 12.5 Å². The molecule has 1 aliphatic rings. The summed E-state index contributed by atoms with van der Waals surface area (Å²) in [6.07, 6.45) is 1.03. The van der Waals surface area contributed by atoms with E-state index in [-0.39, 0.29) is 15.8 Å². The number of carbonyl (C=O) groups excluding carboxylic acids is 1. The Morgan fingerprint density at radius 1 is 1.31 bits per heavy atom. The lowest BCUT2D eigenvalue weighted by atomic mass is 10.1. The number of Topliss-reactive ketones (excluding diaryl/α,β-unsaturated/α-hetero) is 1.